The molecule has 0 atom stereocenters. The van der Waals surface area contributed by atoms with Gasteiger partial charge < -0.3 is 4.74 Å². The molecule has 0 unspecified atom stereocenters. The Balaban J connectivity index is 2.88. The molecule has 0 bridgehead atoms. The zero-order valence-corrected chi connectivity index (χ0v) is 9.08. The molecular formula is C10H16N2O3. The summed E-state index contributed by atoms with van der Waals surface area (Å²) in [4.78, 5) is 24.9. The minimum atomic E-state index is -0.378. The highest BCUT2D eigenvalue weighted by molar-refractivity contribution is 5.03. The molecule has 0 amide bonds. The van der Waals surface area contributed by atoms with Gasteiger partial charge in [0, 0.05) is 18.4 Å². The van der Waals surface area contributed by atoms with Crippen LogP contribution in [0.15, 0.2) is 15.8 Å². The van der Waals surface area contributed by atoms with E-state index < -0.39 is 0 Å². The lowest BCUT2D eigenvalue weighted by Gasteiger charge is -2.06. The maximum Gasteiger partial charge on any atom is 0.328 e. The lowest BCUT2D eigenvalue weighted by molar-refractivity contribution is 0.138. The molecule has 5 heteroatoms. The van der Waals surface area contributed by atoms with E-state index in [1.807, 2.05) is 13.8 Å². The summed E-state index contributed by atoms with van der Waals surface area (Å²) in [6.45, 7) is 5.34. The van der Waals surface area contributed by atoms with Crippen LogP contribution in [0.4, 0.5) is 0 Å². The van der Waals surface area contributed by atoms with Crippen LogP contribution in [0.1, 0.15) is 19.4 Å². The Morgan fingerprint density at radius 2 is 2.13 bits per heavy atom. The van der Waals surface area contributed by atoms with Crippen molar-refractivity contribution in [3.63, 3.8) is 0 Å². The molecule has 15 heavy (non-hydrogen) atoms. The summed E-state index contributed by atoms with van der Waals surface area (Å²) in [6, 6.07) is 0. The SMILES string of the molecule is CCOCCn1cc(CC)c(=O)[nH]c1=O. The van der Waals surface area contributed by atoms with E-state index in [1.54, 1.807) is 6.20 Å². The van der Waals surface area contributed by atoms with Gasteiger partial charge in [0.25, 0.3) is 5.56 Å². The summed E-state index contributed by atoms with van der Waals surface area (Å²) in [5, 5.41) is 0. The number of H-pyrrole nitrogens is 1. The van der Waals surface area contributed by atoms with Gasteiger partial charge in [-0.3, -0.25) is 14.3 Å². The van der Waals surface area contributed by atoms with E-state index in [2.05, 4.69) is 4.98 Å². The Morgan fingerprint density at radius 1 is 1.40 bits per heavy atom. The molecule has 0 fully saturated rings. The zero-order chi connectivity index (χ0) is 11.3. The fourth-order valence-electron chi connectivity index (χ4n) is 1.28. The minimum absolute atomic E-state index is 0.296. The minimum Gasteiger partial charge on any atom is -0.380 e. The Kier molecular flexibility index (Phi) is 4.30. The second-order valence-corrected chi connectivity index (χ2v) is 3.16. The first kappa shape index (κ1) is 11.7. The molecule has 0 aliphatic carbocycles. The molecule has 1 N–H and O–H groups in total. The molecule has 84 valence electrons. The van der Waals surface area contributed by atoms with Gasteiger partial charge in [0.1, 0.15) is 0 Å². The van der Waals surface area contributed by atoms with Crippen molar-refractivity contribution in [3.05, 3.63) is 32.6 Å². The third-order valence-electron chi connectivity index (χ3n) is 2.15. The van der Waals surface area contributed by atoms with Gasteiger partial charge >= 0.3 is 5.69 Å². The van der Waals surface area contributed by atoms with Gasteiger partial charge in [-0.1, -0.05) is 6.92 Å². The van der Waals surface area contributed by atoms with Crippen molar-refractivity contribution in [1.29, 1.82) is 0 Å². The molecule has 0 aromatic carbocycles. The largest absolute Gasteiger partial charge is 0.380 e. The molecule has 0 spiro atoms. The average molecular weight is 212 g/mol. The molecule has 1 aromatic rings. The van der Waals surface area contributed by atoms with Gasteiger partial charge in [0.05, 0.1) is 13.2 Å². The van der Waals surface area contributed by atoms with Crippen molar-refractivity contribution in [2.75, 3.05) is 13.2 Å². The normalized spacial score (nSPS) is 10.5. The average Bonchev–Trinajstić information content (AvgIpc) is 2.21. The van der Waals surface area contributed by atoms with Crippen molar-refractivity contribution >= 4 is 0 Å². The van der Waals surface area contributed by atoms with E-state index in [0.29, 0.717) is 31.7 Å². The first-order valence-electron chi connectivity index (χ1n) is 5.09. The molecular weight excluding hydrogens is 196 g/mol. The molecule has 0 saturated carbocycles. The fraction of sp³-hybridized carbons (Fsp3) is 0.600. The summed E-state index contributed by atoms with van der Waals surface area (Å²) in [5.41, 5.74) is -0.0573. The second-order valence-electron chi connectivity index (χ2n) is 3.16. The van der Waals surface area contributed by atoms with Crippen LogP contribution < -0.4 is 11.2 Å². The van der Waals surface area contributed by atoms with Crippen molar-refractivity contribution in [3.8, 4) is 0 Å². The molecule has 1 rings (SSSR count). The second kappa shape index (κ2) is 5.50. The summed E-state index contributed by atoms with van der Waals surface area (Å²) in [5.74, 6) is 0. The fourth-order valence-corrected chi connectivity index (χ4v) is 1.28. The van der Waals surface area contributed by atoms with Crippen LogP contribution >= 0.6 is 0 Å². The smallest absolute Gasteiger partial charge is 0.328 e. The number of nitrogens with one attached hydrogen (secondary N) is 1. The number of aryl methyl sites for hydroxylation is 1. The number of hydrogen-bond donors (Lipinski definition) is 1. The van der Waals surface area contributed by atoms with Crippen LogP contribution in [0.5, 0.6) is 0 Å². The Labute approximate surface area is 87.7 Å². The Hall–Kier alpha value is -1.36. The molecule has 0 aliphatic heterocycles. The quantitative estimate of drug-likeness (QED) is 0.706. The monoisotopic (exact) mass is 212 g/mol. The molecule has 0 radical (unpaired) electrons. The highest BCUT2D eigenvalue weighted by Crippen LogP contribution is 1.89. The molecule has 5 nitrogen and oxygen atoms in total. The van der Waals surface area contributed by atoms with Crippen LogP contribution in [-0.2, 0) is 17.7 Å². The molecule has 0 aliphatic rings. The van der Waals surface area contributed by atoms with Gasteiger partial charge in [0.2, 0.25) is 0 Å². The third kappa shape index (κ3) is 3.06. The lowest BCUT2D eigenvalue weighted by atomic mass is 10.3. The van der Waals surface area contributed by atoms with E-state index in [4.69, 9.17) is 4.74 Å². The first-order valence-corrected chi connectivity index (χ1v) is 5.09. The van der Waals surface area contributed by atoms with E-state index in [1.165, 1.54) is 4.57 Å². The van der Waals surface area contributed by atoms with E-state index in [9.17, 15) is 9.59 Å². The highest BCUT2D eigenvalue weighted by atomic mass is 16.5. The highest BCUT2D eigenvalue weighted by Gasteiger charge is 2.02. The predicted molar refractivity (Wildman–Crippen MR) is 57.2 cm³/mol. The maximum atomic E-state index is 11.4. The van der Waals surface area contributed by atoms with Crippen molar-refractivity contribution < 1.29 is 4.74 Å². The summed E-state index contributed by atoms with van der Waals surface area (Å²) < 4.78 is 6.61. The number of aromatic amines is 1. The summed E-state index contributed by atoms with van der Waals surface area (Å²) in [6.07, 6.45) is 2.21. The van der Waals surface area contributed by atoms with Gasteiger partial charge in [0.15, 0.2) is 0 Å². The number of ether oxygens (including phenoxy) is 1. The number of nitrogens with zero attached hydrogens (tertiary/aromatic N) is 1. The Bertz CT molecular complexity index is 419. The molecule has 0 saturated heterocycles. The van der Waals surface area contributed by atoms with Gasteiger partial charge in [-0.2, -0.15) is 0 Å². The van der Waals surface area contributed by atoms with Gasteiger partial charge in [-0.05, 0) is 13.3 Å². The van der Waals surface area contributed by atoms with Crippen LogP contribution in [0.2, 0.25) is 0 Å². The lowest BCUT2D eigenvalue weighted by Crippen LogP contribution is -2.32. The van der Waals surface area contributed by atoms with Crippen LogP contribution in [0.3, 0.4) is 0 Å². The van der Waals surface area contributed by atoms with Gasteiger partial charge in [-0.15, -0.1) is 0 Å². The predicted octanol–water partition coefficient (Wildman–Crippen LogP) is 0.136. The summed E-state index contributed by atoms with van der Waals surface area (Å²) >= 11 is 0. The van der Waals surface area contributed by atoms with E-state index in [-0.39, 0.29) is 11.2 Å². The number of aromatic nitrogens is 2. The van der Waals surface area contributed by atoms with Crippen LogP contribution in [-0.4, -0.2) is 22.8 Å². The third-order valence-corrected chi connectivity index (χ3v) is 2.15. The van der Waals surface area contributed by atoms with E-state index in [0.717, 1.165) is 0 Å². The van der Waals surface area contributed by atoms with Crippen molar-refractivity contribution in [2.45, 2.75) is 26.8 Å². The van der Waals surface area contributed by atoms with Gasteiger partial charge in [-0.25, -0.2) is 4.79 Å². The number of hydrogen-bond acceptors (Lipinski definition) is 3. The van der Waals surface area contributed by atoms with Crippen molar-refractivity contribution in [1.82, 2.24) is 9.55 Å². The van der Waals surface area contributed by atoms with Crippen molar-refractivity contribution in [2.24, 2.45) is 0 Å². The molecule has 1 heterocycles. The van der Waals surface area contributed by atoms with E-state index >= 15 is 0 Å². The standard InChI is InChI=1S/C10H16N2O3/c1-3-8-7-12(5-6-15-4-2)10(14)11-9(8)13/h7H,3-6H2,1-2H3,(H,11,13,14). The van der Waals surface area contributed by atoms with Crippen LogP contribution in [0.25, 0.3) is 0 Å². The maximum absolute atomic E-state index is 11.4. The van der Waals surface area contributed by atoms with Crippen LogP contribution in [0, 0.1) is 0 Å². The Morgan fingerprint density at radius 3 is 2.73 bits per heavy atom. The molecule has 1 aromatic heterocycles. The summed E-state index contributed by atoms with van der Waals surface area (Å²) in [7, 11) is 0. The first-order chi connectivity index (χ1) is 7.19. The number of rotatable bonds is 5. The zero-order valence-electron chi connectivity index (χ0n) is 9.08. The topological polar surface area (TPSA) is 64.1 Å².